The van der Waals surface area contributed by atoms with Gasteiger partial charge in [0.05, 0.1) is 0 Å². The Bertz CT molecular complexity index is 607. The molecular weight excluding hydrogens is 298 g/mol. The van der Waals surface area contributed by atoms with E-state index in [1.807, 2.05) is 16.9 Å². The second-order valence-corrected chi connectivity index (χ2v) is 5.94. The van der Waals surface area contributed by atoms with Gasteiger partial charge in [0.1, 0.15) is 0 Å². The van der Waals surface area contributed by atoms with Gasteiger partial charge in [-0.25, -0.2) is 8.78 Å². The predicted octanol–water partition coefficient (Wildman–Crippen LogP) is 2.81. The average molecular weight is 320 g/mol. The van der Waals surface area contributed by atoms with E-state index in [1.54, 1.807) is 12.3 Å². The molecule has 1 fully saturated rings. The molecule has 1 aromatic carbocycles. The molecule has 2 aromatic rings. The Morgan fingerprint density at radius 3 is 2.70 bits per heavy atom. The van der Waals surface area contributed by atoms with E-state index in [-0.39, 0.29) is 0 Å². The molecule has 0 saturated carbocycles. The van der Waals surface area contributed by atoms with Crippen molar-refractivity contribution in [3.63, 3.8) is 0 Å². The molecule has 23 heavy (non-hydrogen) atoms. The Balaban J connectivity index is 1.39. The smallest absolute Gasteiger partial charge is 0.160 e. The fraction of sp³-hybridized carbons (Fsp3) is 0.471. The maximum absolute atomic E-state index is 13.3. The number of benzene rings is 1. The van der Waals surface area contributed by atoms with Crippen LogP contribution in [0.4, 0.5) is 14.5 Å². The first-order valence-electron chi connectivity index (χ1n) is 8.13. The largest absolute Gasteiger partial charge is 0.371 e. The first-order chi connectivity index (χ1) is 11.2. The number of halogens is 2. The highest BCUT2D eigenvalue weighted by atomic mass is 19.2. The van der Waals surface area contributed by atoms with Crippen molar-refractivity contribution in [1.82, 2.24) is 15.1 Å². The van der Waals surface area contributed by atoms with Gasteiger partial charge in [-0.15, -0.1) is 0 Å². The minimum atomic E-state index is -0.789. The summed E-state index contributed by atoms with van der Waals surface area (Å²) in [5.74, 6) is -1.57. The van der Waals surface area contributed by atoms with Gasteiger partial charge in [-0.1, -0.05) is 0 Å². The van der Waals surface area contributed by atoms with Gasteiger partial charge in [0.2, 0.25) is 0 Å². The van der Waals surface area contributed by atoms with Crippen molar-refractivity contribution in [2.45, 2.75) is 31.8 Å². The summed E-state index contributed by atoms with van der Waals surface area (Å²) < 4.78 is 28.2. The standard InChI is InChI=1S/C17H22F2N4/c18-16-4-3-15(13-17(16)19)22-11-5-14(6-12-22)20-7-1-9-23-10-2-8-21-23/h2-4,8,10,13-14,20H,1,5-7,9,11-12H2. The molecule has 124 valence electrons. The van der Waals surface area contributed by atoms with Crippen LogP contribution in [0.15, 0.2) is 36.7 Å². The summed E-state index contributed by atoms with van der Waals surface area (Å²) in [7, 11) is 0. The number of hydrogen-bond donors (Lipinski definition) is 1. The maximum Gasteiger partial charge on any atom is 0.160 e. The van der Waals surface area contributed by atoms with Gasteiger partial charge in [0.15, 0.2) is 11.6 Å². The number of aryl methyl sites for hydroxylation is 1. The molecule has 0 unspecified atom stereocenters. The minimum absolute atomic E-state index is 0.495. The lowest BCUT2D eigenvalue weighted by Crippen LogP contribution is -2.43. The maximum atomic E-state index is 13.3. The molecule has 0 amide bonds. The van der Waals surface area contributed by atoms with Crippen LogP contribution < -0.4 is 10.2 Å². The summed E-state index contributed by atoms with van der Waals surface area (Å²) in [4.78, 5) is 2.12. The zero-order valence-corrected chi connectivity index (χ0v) is 13.1. The lowest BCUT2D eigenvalue weighted by molar-refractivity contribution is 0.404. The summed E-state index contributed by atoms with van der Waals surface area (Å²) in [6.45, 7) is 3.62. The van der Waals surface area contributed by atoms with Gasteiger partial charge in [-0.2, -0.15) is 5.10 Å². The van der Waals surface area contributed by atoms with Gasteiger partial charge in [0.25, 0.3) is 0 Å². The van der Waals surface area contributed by atoms with Crippen LogP contribution in [0.1, 0.15) is 19.3 Å². The van der Waals surface area contributed by atoms with Crippen molar-refractivity contribution in [2.24, 2.45) is 0 Å². The fourth-order valence-corrected chi connectivity index (χ4v) is 3.00. The molecule has 1 saturated heterocycles. The van der Waals surface area contributed by atoms with E-state index in [9.17, 15) is 8.78 Å². The van der Waals surface area contributed by atoms with Crippen molar-refractivity contribution in [2.75, 3.05) is 24.5 Å². The number of hydrogen-bond acceptors (Lipinski definition) is 3. The average Bonchev–Trinajstić information content (AvgIpc) is 3.08. The first kappa shape index (κ1) is 15.9. The van der Waals surface area contributed by atoms with E-state index in [4.69, 9.17) is 0 Å². The zero-order chi connectivity index (χ0) is 16.1. The van der Waals surface area contributed by atoms with Crippen LogP contribution in [0.5, 0.6) is 0 Å². The van der Waals surface area contributed by atoms with E-state index in [0.717, 1.165) is 51.1 Å². The number of anilines is 1. The third-order valence-corrected chi connectivity index (χ3v) is 4.32. The van der Waals surface area contributed by atoms with E-state index in [2.05, 4.69) is 15.3 Å². The molecular formula is C17H22F2N4. The zero-order valence-electron chi connectivity index (χ0n) is 13.1. The number of aromatic nitrogens is 2. The van der Waals surface area contributed by atoms with Crippen LogP contribution in [-0.2, 0) is 6.54 Å². The third-order valence-electron chi connectivity index (χ3n) is 4.32. The van der Waals surface area contributed by atoms with Gasteiger partial charge >= 0.3 is 0 Å². The number of piperidine rings is 1. The Morgan fingerprint density at radius 1 is 1.17 bits per heavy atom. The van der Waals surface area contributed by atoms with E-state index in [0.29, 0.717) is 6.04 Å². The topological polar surface area (TPSA) is 33.1 Å². The summed E-state index contributed by atoms with van der Waals surface area (Å²) in [5.41, 5.74) is 0.765. The highest BCUT2D eigenvalue weighted by Crippen LogP contribution is 2.22. The molecule has 1 aliphatic heterocycles. The minimum Gasteiger partial charge on any atom is -0.371 e. The van der Waals surface area contributed by atoms with Crippen molar-refractivity contribution in [3.05, 3.63) is 48.3 Å². The van der Waals surface area contributed by atoms with Crippen LogP contribution in [-0.4, -0.2) is 35.5 Å². The third kappa shape index (κ3) is 4.28. The Morgan fingerprint density at radius 2 is 2.00 bits per heavy atom. The van der Waals surface area contributed by atoms with E-state index >= 15 is 0 Å². The Kier molecular flexibility index (Phi) is 5.23. The summed E-state index contributed by atoms with van der Waals surface area (Å²) in [6.07, 6.45) is 6.84. The lowest BCUT2D eigenvalue weighted by Gasteiger charge is -2.34. The van der Waals surface area contributed by atoms with E-state index < -0.39 is 11.6 Å². The number of nitrogens with one attached hydrogen (secondary N) is 1. The Labute approximate surface area is 135 Å². The van der Waals surface area contributed by atoms with Crippen molar-refractivity contribution < 1.29 is 8.78 Å². The molecule has 0 bridgehead atoms. The van der Waals surface area contributed by atoms with Crippen LogP contribution in [0.3, 0.4) is 0 Å². The molecule has 1 N–H and O–H groups in total. The highest BCUT2D eigenvalue weighted by Gasteiger charge is 2.19. The van der Waals surface area contributed by atoms with Gasteiger partial charge < -0.3 is 10.2 Å². The van der Waals surface area contributed by atoms with E-state index in [1.165, 1.54) is 12.1 Å². The predicted molar refractivity (Wildman–Crippen MR) is 86.4 cm³/mol. The number of nitrogens with zero attached hydrogens (tertiary/aromatic N) is 3. The van der Waals surface area contributed by atoms with Gasteiger partial charge in [-0.05, 0) is 44.0 Å². The highest BCUT2D eigenvalue weighted by molar-refractivity contribution is 5.47. The fourth-order valence-electron chi connectivity index (χ4n) is 3.00. The van der Waals surface area contributed by atoms with Crippen molar-refractivity contribution in [1.29, 1.82) is 0 Å². The van der Waals surface area contributed by atoms with Crippen molar-refractivity contribution in [3.8, 4) is 0 Å². The molecule has 0 spiro atoms. The second kappa shape index (κ2) is 7.55. The molecule has 1 aromatic heterocycles. The van der Waals surface area contributed by atoms with Gasteiger partial charge in [0, 0.05) is 49.8 Å². The quantitative estimate of drug-likeness (QED) is 0.831. The molecule has 0 atom stereocenters. The van der Waals surface area contributed by atoms with Crippen LogP contribution in [0.25, 0.3) is 0 Å². The van der Waals surface area contributed by atoms with Crippen LogP contribution in [0.2, 0.25) is 0 Å². The number of rotatable bonds is 6. The summed E-state index contributed by atoms with van der Waals surface area (Å²) >= 11 is 0. The molecule has 3 rings (SSSR count). The first-order valence-corrected chi connectivity index (χ1v) is 8.13. The molecule has 0 radical (unpaired) electrons. The Hall–Kier alpha value is -1.95. The second-order valence-electron chi connectivity index (χ2n) is 5.94. The van der Waals surface area contributed by atoms with Crippen LogP contribution in [0, 0.1) is 11.6 Å². The van der Waals surface area contributed by atoms with Crippen LogP contribution >= 0.6 is 0 Å². The van der Waals surface area contributed by atoms with Crippen molar-refractivity contribution >= 4 is 5.69 Å². The summed E-state index contributed by atoms with van der Waals surface area (Å²) in [5, 5.41) is 7.76. The monoisotopic (exact) mass is 320 g/mol. The SMILES string of the molecule is Fc1ccc(N2CCC(NCCCn3cccn3)CC2)cc1F. The normalized spacial score (nSPS) is 16.0. The molecule has 2 heterocycles. The molecule has 4 nitrogen and oxygen atoms in total. The molecule has 0 aliphatic carbocycles. The molecule has 1 aliphatic rings. The summed E-state index contributed by atoms with van der Waals surface area (Å²) in [6, 6.07) is 6.56. The molecule has 6 heteroatoms. The van der Waals surface area contributed by atoms with Gasteiger partial charge in [-0.3, -0.25) is 4.68 Å². The lowest BCUT2D eigenvalue weighted by atomic mass is 10.0.